The molecule has 80 valence electrons. The first-order valence-electron chi connectivity index (χ1n) is 4.96. The van der Waals surface area contributed by atoms with E-state index in [-0.39, 0.29) is 11.8 Å². The molecule has 0 aliphatic heterocycles. The zero-order valence-corrected chi connectivity index (χ0v) is 9.13. The zero-order chi connectivity index (χ0) is 10.8. The van der Waals surface area contributed by atoms with Gasteiger partial charge in [0.15, 0.2) is 0 Å². The van der Waals surface area contributed by atoms with Crippen molar-refractivity contribution >= 4 is 18.5 Å². The first kappa shape index (κ1) is 10.5. The predicted molar refractivity (Wildman–Crippen MR) is 59.1 cm³/mol. The predicted octanol–water partition coefficient (Wildman–Crippen LogP) is 1.59. The standard InChI is InChI=1S/C11H13NO2S/c13-11(12-14)8-5-4-7-2-1-3-10(15)9(7)6-8/h1-3,8,14-15H,4-6H2,(H,12,13). The van der Waals surface area contributed by atoms with Crippen LogP contribution in [-0.4, -0.2) is 11.1 Å². The number of nitrogens with one attached hydrogen (secondary N) is 1. The Hall–Kier alpha value is -1.00. The van der Waals surface area contributed by atoms with Crippen molar-refractivity contribution in [3.63, 3.8) is 0 Å². The number of carbonyl (C=O) groups excluding carboxylic acids is 1. The van der Waals surface area contributed by atoms with Crippen LogP contribution < -0.4 is 5.48 Å². The third kappa shape index (κ3) is 2.01. The second kappa shape index (κ2) is 4.24. The van der Waals surface area contributed by atoms with Gasteiger partial charge in [0, 0.05) is 10.8 Å². The lowest BCUT2D eigenvalue weighted by Gasteiger charge is -2.23. The highest BCUT2D eigenvalue weighted by Gasteiger charge is 2.25. The summed E-state index contributed by atoms with van der Waals surface area (Å²) < 4.78 is 0. The molecule has 0 heterocycles. The smallest absolute Gasteiger partial charge is 0.246 e. The van der Waals surface area contributed by atoms with E-state index in [2.05, 4.69) is 18.7 Å². The van der Waals surface area contributed by atoms with Gasteiger partial charge >= 0.3 is 0 Å². The highest BCUT2D eigenvalue weighted by molar-refractivity contribution is 7.80. The molecule has 1 aromatic carbocycles. The molecule has 15 heavy (non-hydrogen) atoms. The summed E-state index contributed by atoms with van der Waals surface area (Å²) in [4.78, 5) is 12.2. The number of thiol groups is 1. The molecule has 1 unspecified atom stereocenters. The molecule has 0 saturated heterocycles. The van der Waals surface area contributed by atoms with E-state index < -0.39 is 0 Å². The fourth-order valence-electron chi connectivity index (χ4n) is 2.08. The van der Waals surface area contributed by atoms with Gasteiger partial charge in [0.05, 0.1) is 0 Å². The van der Waals surface area contributed by atoms with Gasteiger partial charge in [-0.05, 0) is 36.5 Å². The van der Waals surface area contributed by atoms with Gasteiger partial charge in [0.2, 0.25) is 5.91 Å². The number of hydroxylamine groups is 1. The van der Waals surface area contributed by atoms with Crippen molar-refractivity contribution in [2.45, 2.75) is 24.2 Å². The van der Waals surface area contributed by atoms with E-state index >= 15 is 0 Å². The highest BCUT2D eigenvalue weighted by Crippen LogP contribution is 2.29. The Balaban J connectivity index is 2.26. The first-order valence-corrected chi connectivity index (χ1v) is 5.40. The molecule has 0 radical (unpaired) electrons. The number of amides is 1. The SMILES string of the molecule is O=C(NO)C1CCc2cccc(S)c2C1. The van der Waals surface area contributed by atoms with Crippen LogP contribution >= 0.6 is 12.6 Å². The summed E-state index contributed by atoms with van der Waals surface area (Å²) in [6, 6.07) is 5.98. The lowest BCUT2D eigenvalue weighted by atomic mass is 9.83. The third-order valence-corrected chi connectivity index (χ3v) is 3.36. The average molecular weight is 223 g/mol. The van der Waals surface area contributed by atoms with E-state index in [0.29, 0.717) is 6.42 Å². The molecular formula is C11H13NO2S. The molecule has 1 aliphatic carbocycles. The summed E-state index contributed by atoms with van der Waals surface area (Å²) in [7, 11) is 0. The Morgan fingerprint density at radius 2 is 2.33 bits per heavy atom. The van der Waals surface area contributed by atoms with Crippen molar-refractivity contribution < 1.29 is 10.0 Å². The summed E-state index contributed by atoms with van der Waals surface area (Å²) in [5.74, 6) is -0.423. The van der Waals surface area contributed by atoms with Gasteiger partial charge in [-0.3, -0.25) is 10.0 Å². The van der Waals surface area contributed by atoms with E-state index in [1.807, 2.05) is 12.1 Å². The summed E-state index contributed by atoms with van der Waals surface area (Å²) in [5, 5.41) is 8.59. The fourth-order valence-corrected chi connectivity index (χ4v) is 2.41. The molecule has 0 aromatic heterocycles. The van der Waals surface area contributed by atoms with Crippen molar-refractivity contribution in [3.05, 3.63) is 29.3 Å². The first-order chi connectivity index (χ1) is 7.22. The van der Waals surface area contributed by atoms with Gasteiger partial charge in [-0.2, -0.15) is 0 Å². The van der Waals surface area contributed by atoms with Crippen molar-refractivity contribution in [2.75, 3.05) is 0 Å². The van der Waals surface area contributed by atoms with E-state index in [0.717, 1.165) is 23.3 Å². The van der Waals surface area contributed by atoms with E-state index in [9.17, 15) is 4.79 Å². The number of aryl methyl sites for hydroxylation is 1. The van der Waals surface area contributed by atoms with Crippen LogP contribution in [0.4, 0.5) is 0 Å². The summed E-state index contributed by atoms with van der Waals surface area (Å²) in [6.45, 7) is 0. The zero-order valence-electron chi connectivity index (χ0n) is 8.23. The summed E-state index contributed by atoms with van der Waals surface area (Å²) >= 11 is 4.38. The maximum atomic E-state index is 11.3. The van der Waals surface area contributed by atoms with Crippen molar-refractivity contribution in [3.8, 4) is 0 Å². The number of hydrogen-bond acceptors (Lipinski definition) is 3. The Morgan fingerprint density at radius 1 is 1.53 bits per heavy atom. The monoisotopic (exact) mass is 223 g/mol. The van der Waals surface area contributed by atoms with E-state index in [1.54, 1.807) is 5.48 Å². The quantitative estimate of drug-likeness (QED) is 0.384. The molecule has 1 aromatic rings. The minimum atomic E-state index is -0.294. The Kier molecular flexibility index (Phi) is 2.98. The van der Waals surface area contributed by atoms with Crippen LogP contribution in [0, 0.1) is 5.92 Å². The normalized spacial score (nSPS) is 19.5. The fraction of sp³-hybridized carbons (Fsp3) is 0.364. The molecular weight excluding hydrogens is 210 g/mol. The van der Waals surface area contributed by atoms with Gasteiger partial charge in [0.25, 0.3) is 0 Å². The molecule has 1 aliphatic rings. The number of benzene rings is 1. The van der Waals surface area contributed by atoms with Gasteiger partial charge in [0.1, 0.15) is 0 Å². The van der Waals surface area contributed by atoms with Crippen molar-refractivity contribution in [1.82, 2.24) is 5.48 Å². The maximum Gasteiger partial charge on any atom is 0.246 e. The van der Waals surface area contributed by atoms with Crippen LogP contribution in [0.3, 0.4) is 0 Å². The van der Waals surface area contributed by atoms with Crippen LogP contribution in [0.2, 0.25) is 0 Å². The van der Waals surface area contributed by atoms with Crippen LogP contribution in [0.1, 0.15) is 17.5 Å². The summed E-state index contributed by atoms with van der Waals surface area (Å²) in [6.07, 6.45) is 2.33. The Bertz CT molecular complexity index is 392. The van der Waals surface area contributed by atoms with Crippen LogP contribution in [0.25, 0.3) is 0 Å². The van der Waals surface area contributed by atoms with Gasteiger partial charge in [-0.1, -0.05) is 12.1 Å². The topological polar surface area (TPSA) is 49.3 Å². The third-order valence-electron chi connectivity index (χ3n) is 2.94. The highest BCUT2D eigenvalue weighted by atomic mass is 32.1. The number of carbonyl (C=O) groups is 1. The molecule has 0 saturated carbocycles. The molecule has 0 bridgehead atoms. The Morgan fingerprint density at radius 3 is 3.07 bits per heavy atom. The van der Waals surface area contributed by atoms with Gasteiger partial charge in [-0.15, -0.1) is 12.6 Å². The van der Waals surface area contributed by atoms with Crippen molar-refractivity contribution in [1.29, 1.82) is 0 Å². The summed E-state index contributed by atoms with van der Waals surface area (Å²) in [5.41, 5.74) is 4.13. The number of hydrogen-bond donors (Lipinski definition) is 3. The second-order valence-electron chi connectivity index (χ2n) is 3.83. The molecule has 0 fully saturated rings. The lowest BCUT2D eigenvalue weighted by Crippen LogP contribution is -2.32. The van der Waals surface area contributed by atoms with Crippen LogP contribution in [-0.2, 0) is 17.6 Å². The number of rotatable bonds is 1. The minimum absolute atomic E-state index is 0.129. The van der Waals surface area contributed by atoms with E-state index in [1.165, 1.54) is 5.56 Å². The number of fused-ring (bicyclic) bond motifs is 1. The molecule has 2 N–H and O–H groups in total. The molecule has 3 nitrogen and oxygen atoms in total. The Labute approximate surface area is 93.9 Å². The lowest BCUT2D eigenvalue weighted by molar-refractivity contribution is -0.133. The van der Waals surface area contributed by atoms with Crippen molar-refractivity contribution in [2.24, 2.45) is 5.92 Å². The van der Waals surface area contributed by atoms with E-state index in [4.69, 9.17) is 5.21 Å². The molecule has 1 atom stereocenters. The molecule has 2 rings (SSSR count). The van der Waals surface area contributed by atoms with Crippen LogP contribution in [0.5, 0.6) is 0 Å². The van der Waals surface area contributed by atoms with Gasteiger partial charge in [-0.25, -0.2) is 5.48 Å². The molecule has 1 amide bonds. The molecule has 4 heteroatoms. The average Bonchev–Trinajstić information content (AvgIpc) is 2.28. The molecule has 0 spiro atoms. The second-order valence-corrected chi connectivity index (χ2v) is 4.31. The van der Waals surface area contributed by atoms with Gasteiger partial charge < -0.3 is 0 Å². The maximum absolute atomic E-state index is 11.3. The largest absolute Gasteiger partial charge is 0.289 e. The minimum Gasteiger partial charge on any atom is -0.289 e. The van der Waals surface area contributed by atoms with Crippen LogP contribution in [0.15, 0.2) is 23.1 Å².